The summed E-state index contributed by atoms with van der Waals surface area (Å²) in [5, 5.41) is 40.6. The molecule has 1 aliphatic heterocycles. The molecule has 0 bridgehead atoms. The van der Waals surface area contributed by atoms with Gasteiger partial charge in [-0.25, -0.2) is 0 Å². The first kappa shape index (κ1) is 20.1. The second kappa shape index (κ2) is 7.40. The van der Waals surface area contributed by atoms with Gasteiger partial charge < -0.3 is 25.2 Å². The minimum atomic E-state index is -0.917. The molecule has 2 aliphatic rings. The standard InChI is InChI=1S/C22H30O5/c1-14(4-6-16-7-5-15(12-23)11-18(16)24)10-19-20-17(8-9-21(20,2)25)22(3,26)13-27-19/h4-7,10-11,17,19-20,23-26H,8-9,12-13H2,1-3H3/b6-4+,14-10+/t17-,19+,20-,21-,22+/m0/s1. The number of benzene rings is 1. The number of phenolic OH excluding ortho intramolecular Hbond substituents is 1. The van der Waals surface area contributed by atoms with E-state index >= 15 is 0 Å². The second-order valence-corrected chi connectivity index (χ2v) is 8.46. The fourth-order valence-electron chi connectivity index (χ4n) is 4.50. The molecule has 0 unspecified atom stereocenters. The summed E-state index contributed by atoms with van der Waals surface area (Å²) < 4.78 is 5.92. The molecule has 1 saturated carbocycles. The molecule has 4 N–H and O–H groups in total. The van der Waals surface area contributed by atoms with Crippen LogP contribution in [0.4, 0.5) is 0 Å². The molecule has 1 aromatic rings. The Balaban J connectivity index is 1.79. The van der Waals surface area contributed by atoms with Crippen molar-refractivity contribution >= 4 is 6.08 Å². The van der Waals surface area contributed by atoms with Crippen LogP contribution in [0.3, 0.4) is 0 Å². The first-order chi connectivity index (χ1) is 12.6. The van der Waals surface area contributed by atoms with Crippen LogP contribution >= 0.6 is 0 Å². The summed E-state index contributed by atoms with van der Waals surface area (Å²) in [7, 11) is 0. The van der Waals surface area contributed by atoms with Gasteiger partial charge in [0.1, 0.15) is 5.75 Å². The smallest absolute Gasteiger partial charge is 0.123 e. The fraction of sp³-hybridized carbons (Fsp3) is 0.545. The lowest BCUT2D eigenvalue weighted by atomic mass is 9.72. The van der Waals surface area contributed by atoms with E-state index in [0.717, 1.165) is 12.0 Å². The quantitative estimate of drug-likeness (QED) is 0.609. The third-order valence-electron chi connectivity index (χ3n) is 6.06. The molecule has 3 rings (SSSR count). The average Bonchev–Trinajstić information content (AvgIpc) is 2.93. The van der Waals surface area contributed by atoms with Crippen LogP contribution in [0.5, 0.6) is 5.75 Å². The number of aromatic hydroxyl groups is 1. The highest BCUT2D eigenvalue weighted by Gasteiger charge is 2.56. The molecule has 1 aromatic carbocycles. The van der Waals surface area contributed by atoms with Gasteiger partial charge in [0.2, 0.25) is 0 Å². The SMILES string of the molecule is CC(/C=C/c1ccc(CO)cc1O)=C\[C@H]1OC[C@@](C)(O)[C@H]2CC[C@](C)(O)[C@H]12. The number of aliphatic hydroxyl groups is 3. The number of hydrogen-bond acceptors (Lipinski definition) is 5. The second-order valence-electron chi connectivity index (χ2n) is 8.46. The van der Waals surface area contributed by atoms with E-state index in [-0.39, 0.29) is 36.9 Å². The van der Waals surface area contributed by atoms with Gasteiger partial charge >= 0.3 is 0 Å². The van der Waals surface area contributed by atoms with Crippen molar-refractivity contribution in [2.75, 3.05) is 6.61 Å². The van der Waals surface area contributed by atoms with Crippen LogP contribution in [0.1, 0.15) is 44.7 Å². The van der Waals surface area contributed by atoms with Crippen molar-refractivity contribution in [3.8, 4) is 5.75 Å². The zero-order valence-corrected chi connectivity index (χ0v) is 16.2. The van der Waals surface area contributed by atoms with Crippen molar-refractivity contribution in [2.24, 2.45) is 11.8 Å². The minimum absolute atomic E-state index is 0.00866. The third kappa shape index (κ3) is 4.11. The Hall–Kier alpha value is -1.66. The predicted octanol–water partition coefficient (Wildman–Crippen LogP) is 2.77. The van der Waals surface area contributed by atoms with Crippen LogP contribution in [-0.2, 0) is 11.3 Å². The van der Waals surface area contributed by atoms with Crippen molar-refractivity contribution in [1.29, 1.82) is 0 Å². The van der Waals surface area contributed by atoms with Crippen LogP contribution < -0.4 is 0 Å². The van der Waals surface area contributed by atoms with Crippen LogP contribution in [0.15, 0.2) is 35.9 Å². The first-order valence-corrected chi connectivity index (χ1v) is 9.50. The van der Waals surface area contributed by atoms with E-state index in [1.807, 2.05) is 32.1 Å². The van der Waals surface area contributed by atoms with Crippen LogP contribution in [0, 0.1) is 11.8 Å². The molecule has 1 heterocycles. The molecular weight excluding hydrogens is 344 g/mol. The average molecular weight is 374 g/mol. The maximum absolute atomic E-state index is 10.8. The number of ether oxygens (including phenoxy) is 1. The van der Waals surface area contributed by atoms with Crippen LogP contribution in [0.2, 0.25) is 0 Å². The summed E-state index contributed by atoms with van der Waals surface area (Å²) in [5.41, 5.74) is 0.499. The van der Waals surface area contributed by atoms with E-state index in [1.54, 1.807) is 25.1 Å². The Morgan fingerprint density at radius 3 is 2.67 bits per heavy atom. The van der Waals surface area contributed by atoms with Crippen molar-refractivity contribution in [3.63, 3.8) is 0 Å². The van der Waals surface area contributed by atoms with Crippen molar-refractivity contribution in [1.82, 2.24) is 0 Å². The summed E-state index contributed by atoms with van der Waals surface area (Å²) in [6.07, 6.45) is 6.88. The largest absolute Gasteiger partial charge is 0.507 e. The molecule has 0 radical (unpaired) electrons. The van der Waals surface area contributed by atoms with Gasteiger partial charge in [-0.2, -0.15) is 0 Å². The predicted molar refractivity (Wildman–Crippen MR) is 104 cm³/mol. The van der Waals surface area contributed by atoms with Gasteiger partial charge in [0.05, 0.1) is 30.5 Å². The molecule has 5 atom stereocenters. The molecular formula is C22H30O5. The molecule has 0 spiro atoms. The normalized spacial score (nSPS) is 37.0. The van der Waals surface area contributed by atoms with E-state index in [9.17, 15) is 15.3 Å². The van der Waals surface area contributed by atoms with Crippen molar-refractivity contribution < 1.29 is 25.2 Å². The highest BCUT2D eigenvalue weighted by atomic mass is 16.5. The molecule has 0 amide bonds. The highest BCUT2D eigenvalue weighted by Crippen LogP contribution is 2.50. The third-order valence-corrected chi connectivity index (χ3v) is 6.06. The monoisotopic (exact) mass is 374 g/mol. The molecule has 5 nitrogen and oxygen atoms in total. The zero-order valence-electron chi connectivity index (χ0n) is 16.2. The lowest BCUT2D eigenvalue weighted by Crippen LogP contribution is -2.55. The van der Waals surface area contributed by atoms with E-state index < -0.39 is 11.2 Å². The molecule has 1 saturated heterocycles. The van der Waals surface area contributed by atoms with Crippen LogP contribution in [-0.4, -0.2) is 44.3 Å². The van der Waals surface area contributed by atoms with Gasteiger partial charge in [0, 0.05) is 11.5 Å². The Kier molecular flexibility index (Phi) is 5.50. The van der Waals surface area contributed by atoms with E-state index in [2.05, 4.69) is 0 Å². The number of phenols is 1. The summed E-state index contributed by atoms with van der Waals surface area (Å²) in [6.45, 7) is 5.71. The highest BCUT2D eigenvalue weighted by molar-refractivity contribution is 5.59. The molecule has 5 heteroatoms. The number of hydrogen-bond donors (Lipinski definition) is 4. The van der Waals surface area contributed by atoms with Gasteiger partial charge in [0.25, 0.3) is 0 Å². The van der Waals surface area contributed by atoms with Crippen LogP contribution in [0.25, 0.3) is 6.08 Å². The zero-order chi connectivity index (χ0) is 19.8. The number of allylic oxidation sites excluding steroid dienone is 2. The maximum atomic E-state index is 10.8. The number of aliphatic hydroxyl groups excluding tert-OH is 1. The van der Waals surface area contributed by atoms with Crippen molar-refractivity contribution in [2.45, 2.75) is 57.5 Å². The minimum Gasteiger partial charge on any atom is -0.507 e. The van der Waals surface area contributed by atoms with Gasteiger partial charge in [-0.05, 0) is 51.2 Å². The molecule has 27 heavy (non-hydrogen) atoms. The molecule has 0 aromatic heterocycles. The number of rotatable bonds is 4. The van der Waals surface area contributed by atoms with Gasteiger partial charge in [-0.15, -0.1) is 0 Å². The van der Waals surface area contributed by atoms with E-state index in [4.69, 9.17) is 9.84 Å². The Morgan fingerprint density at radius 1 is 1.26 bits per heavy atom. The summed E-state index contributed by atoms with van der Waals surface area (Å²) >= 11 is 0. The fourth-order valence-corrected chi connectivity index (χ4v) is 4.50. The lowest BCUT2D eigenvalue weighted by molar-refractivity contribution is -0.183. The number of fused-ring (bicyclic) bond motifs is 1. The summed E-state index contributed by atoms with van der Waals surface area (Å²) in [5.74, 6) is -0.0226. The summed E-state index contributed by atoms with van der Waals surface area (Å²) in [6, 6.07) is 5.08. The maximum Gasteiger partial charge on any atom is 0.123 e. The van der Waals surface area contributed by atoms with E-state index in [1.165, 1.54) is 0 Å². The molecule has 1 aliphatic carbocycles. The Bertz CT molecular complexity index is 747. The topological polar surface area (TPSA) is 90.2 Å². The van der Waals surface area contributed by atoms with Gasteiger partial charge in [-0.1, -0.05) is 35.9 Å². The van der Waals surface area contributed by atoms with Crippen molar-refractivity contribution in [3.05, 3.63) is 47.1 Å². The Labute approximate surface area is 160 Å². The van der Waals surface area contributed by atoms with E-state index in [0.29, 0.717) is 17.5 Å². The van der Waals surface area contributed by atoms with Gasteiger partial charge in [0.15, 0.2) is 0 Å². The Morgan fingerprint density at radius 2 is 2.00 bits per heavy atom. The molecule has 2 fully saturated rings. The lowest BCUT2D eigenvalue weighted by Gasteiger charge is -2.46. The molecule has 148 valence electrons. The van der Waals surface area contributed by atoms with Gasteiger partial charge in [-0.3, -0.25) is 0 Å². The first-order valence-electron chi connectivity index (χ1n) is 9.50. The summed E-state index contributed by atoms with van der Waals surface area (Å²) in [4.78, 5) is 0.